The Bertz CT molecular complexity index is 857. The maximum atomic E-state index is 13.0. The van der Waals surface area contributed by atoms with Crippen LogP contribution in [0, 0.1) is 11.3 Å². The highest BCUT2D eigenvalue weighted by atomic mass is 19.4. The Kier molecular flexibility index (Phi) is 5.96. The van der Waals surface area contributed by atoms with Crippen molar-refractivity contribution in [3.63, 3.8) is 0 Å². The number of carbonyl (C=O) groups is 2. The lowest BCUT2D eigenvalue weighted by Crippen LogP contribution is -2.26. The summed E-state index contributed by atoms with van der Waals surface area (Å²) < 4.78 is 39.0. The van der Waals surface area contributed by atoms with Gasteiger partial charge in [-0.25, -0.2) is 0 Å². The van der Waals surface area contributed by atoms with Crippen LogP contribution in [-0.4, -0.2) is 11.8 Å². The molecule has 0 heterocycles. The molecule has 0 atom stereocenters. The molecule has 0 radical (unpaired) electrons. The molecule has 2 N–H and O–H groups in total. The minimum absolute atomic E-state index is 0.0893. The Labute approximate surface area is 147 Å². The Morgan fingerprint density at radius 1 is 1.04 bits per heavy atom. The molecule has 2 aromatic rings. The van der Waals surface area contributed by atoms with E-state index in [-0.39, 0.29) is 13.0 Å². The van der Waals surface area contributed by atoms with Crippen LogP contribution in [-0.2, 0) is 17.5 Å². The largest absolute Gasteiger partial charge is 0.417 e. The first-order chi connectivity index (χ1) is 12.3. The van der Waals surface area contributed by atoms with E-state index in [1.807, 2.05) is 0 Å². The first-order valence-corrected chi connectivity index (χ1v) is 7.52. The summed E-state index contributed by atoms with van der Waals surface area (Å²) in [7, 11) is 0. The van der Waals surface area contributed by atoms with Crippen LogP contribution in [0.3, 0.4) is 0 Å². The number of rotatable bonds is 5. The van der Waals surface area contributed by atoms with E-state index in [4.69, 9.17) is 5.26 Å². The third-order valence-electron chi connectivity index (χ3n) is 3.45. The molecule has 0 bridgehead atoms. The fraction of sp³-hybridized carbons (Fsp3) is 0.167. The molecule has 2 rings (SSSR count). The van der Waals surface area contributed by atoms with Crippen molar-refractivity contribution in [2.45, 2.75) is 19.1 Å². The minimum Gasteiger partial charge on any atom is -0.348 e. The summed E-state index contributed by atoms with van der Waals surface area (Å²) in [6.07, 6.45) is -4.98. The number of hydrogen-bond donors (Lipinski definition) is 2. The van der Waals surface area contributed by atoms with Crippen molar-refractivity contribution >= 4 is 17.5 Å². The molecule has 0 saturated carbocycles. The van der Waals surface area contributed by atoms with Gasteiger partial charge in [0.25, 0.3) is 5.91 Å². The Hall–Kier alpha value is -3.34. The summed E-state index contributed by atoms with van der Waals surface area (Å²) in [6, 6.07) is 12.7. The number of nitrogens with zero attached hydrogens (tertiary/aromatic N) is 1. The zero-order chi connectivity index (χ0) is 19.2. The van der Waals surface area contributed by atoms with Crippen molar-refractivity contribution in [2.75, 3.05) is 5.32 Å². The fourth-order valence-electron chi connectivity index (χ4n) is 2.26. The molecule has 0 unspecified atom stereocenters. The number of alkyl halides is 3. The zero-order valence-corrected chi connectivity index (χ0v) is 13.4. The standard InChI is InChI=1S/C18H14F3N3O2/c19-18(20,21)14-7-3-2-6-13(14)17(26)23-11-12-5-1-4-8-15(12)24-16(25)9-10-22/h1-8H,9,11H2,(H,23,26)(H,24,25). The summed E-state index contributed by atoms with van der Waals surface area (Å²) in [4.78, 5) is 23.7. The minimum atomic E-state index is -4.64. The van der Waals surface area contributed by atoms with Crippen LogP contribution in [0.15, 0.2) is 48.5 Å². The molecule has 0 aliphatic rings. The Morgan fingerprint density at radius 3 is 2.38 bits per heavy atom. The van der Waals surface area contributed by atoms with Crippen LogP contribution >= 0.6 is 0 Å². The maximum absolute atomic E-state index is 13.0. The van der Waals surface area contributed by atoms with Crippen molar-refractivity contribution < 1.29 is 22.8 Å². The SMILES string of the molecule is N#CCC(=O)Nc1ccccc1CNC(=O)c1ccccc1C(F)(F)F. The smallest absolute Gasteiger partial charge is 0.348 e. The third-order valence-corrected chi connectivity index (χ3v) is 3.45. The molecule has 0 aliphatic heterocycles. The van der Waals surface area contributed by atoms with Crippen molar-refractivity contribution in [1.82, 2.24) is 5.32 Å². The van der Waals surface area contributed by atoms with Crippen molar-refractivity contribution in [2.24, 2.45) is 0 Å². The molecular formula is C18H14F3N3O2. The van der Waals surface area contributed by atoms with Gasteiger partial charge in [-0.05, 0) is 23.8 Å². The number of anilines is 1. The van der Waals surface area contributed by atoms with Crippen LogP contribution in [0.5, 0.6) is 0 Å². The van der Waals surface area contributed by atoms with Gasteiger partial charge in [0, 0.05) is 12.2 Å². The average Bonchev–Trinajstić information content (AvgIpc) is 2.60. The number of nitrogens with one attached hydrogen (secondary N) is 2. The lowest BCUT2D eigenvalue weighted by molar-refractivity contribution is -0.138. The second-order valence-electron chi connectivity index (χ2n) is 5.27. The van der Waals surface area contributed by atoms with Gasteiger partial charge in [-0.2, -0.15) is 18.4 Å². The Balaban J connectivity index is 2.14. The molecule has 5 nitrogen and oxygen atoms in total. The molecular weight excluding hydrogens is 347 g/mol. The summed E-state index contributed by atoms with van der Waals surface area (Å²) in [6.45, 7) is -0.0893. The van der Waals surface area contributed by atoms with E-state index in [0.29, 0.717) is 11.3 Å². The number of carbonyl (C=O) groups excluding carboxylic acids is 2. The van der Waals surface area contributed by atoms with Gasteiger partial charge in [-0.3, -0.25) is 9.59 Å². The fourth-order valence-corrected chi connectivity index (χ4v) is 2.26. The highest BCUT2D eigenvalue weighted by Gasteiger charge is 2.34. The number of nitriles is 1. The van der Waals surface area contributed by atoms with Gasteiger partial charge >= 0.3 is 6.18 Å². The van der Waals surface area contributed by atoms with Crippen molar-refractivity contribution in [3.8, 4) is 6.07 Å². The van der Waals surface area contributed by atoms with Crippen molar-refractivity contribution in [1.29, 1.82) is 5.26 Å². The second-order valence-corrected chi connectivity index (χ2v) is 5.27. The lowest BCUT2D eigenvalue weighted by atomic mass is 10.1. The van der Waals surface area contributed by atoms with E-state index >= 15 is 0 Å². The molecule has 26 heavy (non-hydrogen) atoms. The monoisotopic (exact) mass is 361 g/mol. The van der Waals surface area contributed by atoms with Crippen LogP contribution < -0.4 is 10.6 Å². The maximum Gasteiger partial charge on any atom is 0.417 e. The zero-order valence-electron chi connectivity index (χ0n) is 13.4. The first kappa shape index (κ1) is 19.0. The molecule has 0 aromatic heterocycles. The van der Waals surface area contributed by atoms with Gasteiger partial charge in [0.1, 0.15) is 6.42 Å². The normalized spacial score (nSPS) is 10.7. The lowest BCUT2D eigenvalue weighted by Gasteiger charge is -2.14. The number of benzene rings is 2. The number of halogens is 3. The van der Waals surface area contributed by atoms with Gasteiger partial charge in [-0.1, -0.05) is 30.3 Å². The second kappa shape index (κ2) is 8.16. The summed E-state index contributed by atoms with van der Waals surface area (Å²) in [5.74, 6) is -1.40. The third kappa shape index (κ3) is 4.83. The molecule has 0 fully saturated rings. The van der Waals surface area contributed by atoms with Gasteiger partial charge < -0.3 is 10.6 Å². The number of hydrogen-bond acceptors (Lipinski definition) is 3. The van der Waals surface area contributed by atoms with E-state index in [1.54, 1.807) is 30.3 Å². The molecule has 2 amide bonds. The van der Waals surface area contributed by atoms with Crippen LogP contribution in [0.25, 0.3) is 0 Å². The van der Waals surface area contributed by atoms with Crippen LogP contribution in [0.2, 0.25) is 0 Å². The van der Waals surface area contributed by atoms with E-state index < -0.39 is 29.1 Å². The highest BCUT2D eigenvalue weighted by molar-refractivity contribution is 5.96. The van der Waals surface area contributed by atoms with Gasteiger partial charge in [0.05, 0.1) is 17.2 Å². The van der Waals surface area contributed by atoms with Gasteiger partial charge in [0.15, 0.2) is 0 Å². The first-order valence-electron chi connectivity index (χ1n) is 7.52. The number of para-hydroxylation sites is 1. The van der Waals surface area contributed by atoms with E-state index in [0.717, 1.165) is 12.1 Å². The predicted molar refractivity (Wildman–Crippen MR) is 87.9 cm³/mol. The van der Waals surface area contributed by atoms with Crippen LogP contribution in [0.4, 0.5) is 18.9 Å². The van der Waals surface area contributed by atoms with Crippen LogP contribution in [0.1, 0.15) is 27.9 Å². The van der Waals surface area contributed by atoms with E-state index in [2.05, 4.69) is 10.6 Å². The Morgan fingerprint density at radius 2 is 1.69 bits per heavy atom. The summed E-state index contributed by atoms with van der Waals surface area (Å²) >= 11 is 0. The predicted octanol–water partition coefficient (Wildman–Crippen LogP) is 3.49. The van der Waals surface area contributed by atoms with E-state index in [1.165, 1.54) is 12.1 Å². The molecule has 0 saturated heterocycles. The van der Waals surface area contributed by atoms with Gasteiger partial charge in [0.2, 0.25) is 5.91 Å². The number of amides is 2. The molecule has 8 heteroatoms. The van der Waals surface area contributed by atoms with E-state index in [9.17, 15) is 22.8 Å². The molecule has 0 spiro atoms. The highest BCUT2D eigenvalue weighted by Crippen LogP contribution is 2.31. The summed E-state index contributed by atoms with van der Waals surface area (Å²) in [5.41, 5.74) is -0.632. The quantitative estimate of drug-likeness (QED) is 0.855. The average molecular weight is 361 g/mol. The molecule has 134 valence electrons. The molecule has 2 aromatic carbocycles. The molecule has 0 aliphatic carbocycles. The topological polar surface area (TPSA) is 82.0 Å². The van der Waals surface area contributed by atoms with Crippen molar-refractivity contribution in [3.05, 3.63) is 65.2 Å². The van der Waals surface area contributed by atoms with Gasteiger partial charge in [-0.15, -0.1) is 0 Å². The summed E-state index contributed by atoms with van der Waals surface area (Å²) in [5, 5.41) is 13.5.